The molecule has 7 nitrogen and oxygen atoms in total. The van der Waals surface area contributed by atoms with Crippen molar-refractivity contribution in [2.45, 2.75) is 33.2 Å². The lowest BCUT2D eigenvalue weighted by Crippen LogP contribution is -2.47. The van der Waals surface area contributed by atoms with Gasteiger partial charge in [-0.1, -0.05) is 13.8 Å². The molecule has 2 saturated heterocycles. The van der Waals surface area contributed by atoms with Crippen LogP contribution >= 0.6 is 0 Å². The predicted octanol–water partition coefficient (Wildman–Crippen LogP) is 2.12. The fourth-order valence-electron chi connectivity index (χ4n) is 3.65. The molecule has 1 N–H and O–H groups in total. The van der Waals surface area contributed by atoms with Crippen LogP contribution in [0.2, 0.25) is 0 Å². The standard InChI is InChI=1S/C18H31N5O2/c1-15(2)11-23-14-17(10-19-23)20-18(24)22-5-3-4-16(13-22)12-21-6-8-25-9-7-21/h10,14-16H,3-9,11-13H2,1-2H3,(H,20,24)/t16-/m0/s1. The number of morpholine rings is 1. The number of piperidine rings is 1. The number of ether oxygens (including phenoxy) is 1. The van der Waals surface area contributed by atoms with Gasteiger partial charge in [0.15, 0.2) is 0 Å². The van der Waals surface area contributed by atoms with E-state index < -0.39 is 0 Å². The van der Waals surface area contributed by atoms with Crippen molar-refractivity contribution in [1.29, 1.82) is 0 Å². The fraction of sp³-hybridized carbons (Fsp3) is 0.778. The fourth-order valence-corrected chi connectivity index (χ4v) is 3.65. The Morgan fingerprint density at radius 3 is 2.92 bits per heavy atom. The number of likely N-dealkylation sites (tertiary alicyclic amines) is 1. The van der Waals surface area contributed by atoms with Crippen molar-refractivity contribution in [2.75, 3.05) is 51.3 Å². The van der Waals surface area contributed by atoms with Crippen molar-refractivity contribution < 1.29 is 9.53 Å². The highest BCUT2D eigenvalue weighted by molar-refractivity contribution is 5.89. The minimum Gasteiger partial charge on any atom is -0.379 e. The van der Waals surface area contributed by atoms with Gasteiger partial charge in [0.25, 0.3) is 0 Å². The number of rotatable bonds is 5. The lowest BCUT2D eigenvalue weighted by molar-refractivity contribution is 0.0252. The summed E-state index contributed by atoms with van der Waals surface area (Å²) in [6, 6.07) is -0.00391. The molecule has 2 fully saturated rings. The van der Waals surface area contributed by atoms with E-state index in [2.05, 4.69) is 29.2 Å². The molecule has 1 atom stereocenters. The van der Waals surface area contributed by atoms with E-state index in [9.17, 15) is 4.79 Å². The molecular formula is C18H31N5O2. The first-order valence-electron chi connectivity index (χ1n) is 9.48. The number of nitrogens with one attached hydrogen (secondary N) is 1. The summed E-state index contributed by atoms with van der Waals surface area (Å²) in [5.41, 5.74) is 0.779. The van der Waals surface area contributed by atoms with E-state index in [0.29, 0.717) is 11.8 Å². The van der Waals surface area contributed by atoms with Crippen LogP contribution < -0.4 is 5.32 Å². The Morgan fingerprint density at radius 1 is 1.36 bits per heavy atom. The summed E-state index contributed by atoms with van der Waals surface area (Å²) in [5.74, 6) is 1.09. The number of anilines is 1. The van der Waals surface area contributed by atoms with Crippen LogP contribution in [0.5, 0.6) is 0 Å². The van der Waals surface area contributed by atoms with Gasteiger partial charge in [-0.2, -0.15) is 5.10 Å². The number of urea groups is 1. The summed E-state index contributed by atoms with van der Waals surface area (Å²) < 4.78 is 7.30. The molecule has 3 rings (SSSR count). The van der Waals surface area contributed by atoms with E-state index in [4.69, 9.17) is 4.74 Å². The van der Waals surface area contributed by atoms with Gasteiger partial charge in [-0.15, -0.1) is 0 Å². The van der Waals surface area contributed by atoms with E-state index in [-0.39, 0.29) is 6.03 Å². The number of nitrogens with zero attached hydrogens (tertiary/aromatic N) is 4. The lowest BCUT2D eigenvalue weighted by atomic mass is 9.97. The average Bonchev–Trinajstić information content (AvgIpc) is 3.02. The highest BCUT2D eigenvalue weighted by atomic mass is 16.5. The SMILES string of the molecule is CC(C)Cn1cc(NC(=O)N2CCC[C@@H](CN3CCOCC3)C2)cn1. The van der Waals surface area contributed by atoms with Crippen LogP contribution in [-0.2, 0) is 11.3 Å². The van der Waals surface area contributed by atoms with Crippen LogP contribution in [0.4, 0.5) is 10.5 Å². The summed E-state index contributed by atoms with van der Waals surface area (Å²) in [5, 5.41) is 7.31. The maximum Gasteiger partial charge on any atom is 0.321 e. The Kier molecular flexibility index (Phi) is 6.31. The summed E-state index contributed by atoms with van der Waals surface area (Å²) in [7, 11) is 0. The van der Waals surface area contributed by atoms with Gasteiger partial charge in [0.2, 0.25) is 0 Å². The van der Waals surface area contributed by atoms with E-state index in [1.807, 2.05) is 15.8 Å². The lowest BCUT2D eigenvalue weighted by Gasteiger charge is -2.36. The van der Waals surface area contributed by atoms with Crippen LogP contribution in [0.25, 0.3) is 0 Å². The van der Waals surface area contributed by atoms with Gasteiger partial charge in [0, 0.05) is 45.5 Å². The Morgan fingerprint density at radius 2 is 2.16 bits per heavy atom. The molecule has 2 amide bonds. The monoisotopic (exact) mass is 349 g/mol. The molecule has 25 heavy (non-hydrogen) atoms. The van der Waals surface area contributed by atoms with Gasteiger partial charge in [0.1, 0.15) is 0 Å². The van der Waals surface area contributed by atoms with E-state index >= 15 is 0 Å². The number of carbonyl (C=O) groups excluding carboxylic acids is 1. The molecule has 2 aliphatic rings. The van der Waals surface area contributed by atoms with Crippen molar-refractivity contribution in [1.82, 2.24) is 19.6 Å². The van der Waals surface area contributed by atoms with Crippen LogP contribution in [-0.4, -0.2) is 71.5 Å². The molecule has 0 spiro atoms. The molecule has 0 aromatic carbocycles. The van der Waals surface area contributed by atoms with Gasteiger partial charge in [0.05, 0.1) is 25.1 Å². The molecule has 1 aromatic heterocycles. The zero-order valence-electron chi connectivity index (χ0n) is 15.5. The zero-order valence-corrected chi connectivity index (χ0v) is 15.5. The molecule has 2 aliphatic heterocycles. The molecule has 0 saturated carbocycles. The van der Waals surface area contributed by atoms with Crippen molar-refractivity contribution >= 4 is 11.7 Å². The third-order valence-corrected chi connectivity index (χ3v) is 4.86. The van der Waals surface area contributed by atoms with Crippen LogP contribution in [0.15, 0.2) is 12.4 Å². The average molecular weight is 349 g/mol. The molecule has 1 aromatic rings. The number of amides is 2. The third kappa shape index (κ3) is 5.44. The molecular weight excluding hydrogens is 318 g/mol. The Labute approximate surface area is 150 Å². The normalized spacial score (nSPS) is 22.4. The Hall–Kier alpha value is -1.60. The first kappa shape index (κ1) is 18.2. The minimum absolute atomic E-state index is 0.00391. The number of hydrogen-bond acceptors (Lipinski definition) is 4. The number of hydrogen-bond donors (Lipinski definition) is 1. The quantitative estimate of drug-likeness (QED) is 0.884. The molecule has 0 bridgehead atoms. The first-order valence-corrected chi connectivity index (χ1v) is 9.48. The van der Waals surface area contributed by atoms with E-state index in [0.717, 1.165) is 64.6 Å². The van der Waals surface area contributed by atoms with Crippen LogP contribution in [0, 0.1) is 11.8 Å². The maximum absolute atomic E-state index is 12.6. The molecule has 0 unspecified atom stereocenters. The molecule has 7 heteroatoms. The number of aromatic nitrogens is 2. The summed E-state index contributed by atoms with van der Waals surface area (Å²) >= 11 is 0. The first-order chi connectivity index (χ1) is 12.1. The number of carbonyl (C=O) groups is 1. The minimum atomic E-state index is -0.00391. The van der Waals surface area contributed by atoms with Crippen molar-refractivity contribution in [2.24, 2.45) is 11.8 Å². The predicted molar refractivity (Wildman–Crippen MR) is 97.6 cm³/mol. The summed E-state index contributed by atoms with van der Waals surface area (Å²) in [6.45, 7) is 11.6. The molecule has 140 valence electrons. The molecule has 3 heterocycles. The van der Waals surface area contributed by atoms with Gasteiger partial charge >= 0.3 is 6.03 Å². The highest BCUT2D eigenvalue weighted by Gasteiger charge is 2.26. The van der Waals surface area contributed by atoms with Gasteiger partial charge in [-0.05, 0) is 24.7 Å². The maximum atomic E-state index is 12.6. The second kappa shape index (κ2) is 8.67. The summed E-state index contributed by atoms with van der Waals surface area (Å²) in [6.07, 6.45) is 5.92. The van der Waals surface area contributed by atoms with E-state index in [1.165, 1.54) is 6.42 Å². The van der Waals surface area contributed by atoms with Crippen molar-refractivity contribution in [3.8, 4) is 0 Å². The Bertz CT molecular complexity index is 553. The van der Waals surface area contributed by atoms with Crippen molar-refractivity contribution in [3.05, 3.63) is 12.4 Å². The topological polar surface area (TPSA) is 62.6 Å². The van der Waals surface area contributed by atoms with Gasteiger partial charge in [-0.3, -0.25) is 9.58 Å². The zero-order chi connectivity index (χ0) is 17.6. The largest absolute Gasteiger partial charge is 0.379 e. The third-order valence-electron chi connectivity index (χ3n) is 4.86. The Balaban J connectivity index is 1.48. The van der Waals surface area contributed by atoms with Crippen LogP contribution in [0.1, 0.15) is 26.7 Å². The molecule has 0 radical (unpaired) electrons. The van der Waals surface area contributed by atoms with Crippen molar-refractivity contribution in [3.63, 3.8) is 0 Å². The second-order valence-corrected chi connectivity index (χ2v) is 7.64. The van der Waals surface area contributed by atoms with E-state index in [1.54, 1.807) is 6.20 Å². The molecule has 0 aliphatic carbocycles. The van der Waals surface area contributed by atoms with Gasteiger partial charge < -0.3 is 15.0 Å². The van der Waals surface area contributed by atoms with Gasteiger partial charge in [-0.25, -0.2) is 4.79 Å². The second-order valence-electron chi connectivity index (χ2n) is 7.64. The smallest absolute Gasteiger partial charge is 0.321 e. The highest BCUT2D eigenvalue weighted by Crippen LogP contribution is 2.19. The summed E-state index contributed by atoms with van der Waals surface area (Å²) in [4.78, 5) is 17.0. The van der Waals surface area contributed by atoms with Crippen LogP contribution in [0.3, 0.4) is 0 Å².